The van der Waals surface area contributed by atoms with Gasteiger partial charge in [0, 0.05) is 13.6 Å². The molecule has 110 valence electrons. The van der Waals surface area contributed by atoms with Crippen molar-refractivity contribution in [3.8, 4) is 0 Å². The zero-order valence-electron chi connectivity index (χ0n) is 11.8. The molecule has 1 fully saturated rings. The van der Waals surface area contributed by atoms with Crippen molar-refractivity contribution in [3.63, 3.8) is 0 Å². The molecule has 1 saturated heterocycles. The van der Waals surface area contributed by atoms with E-state index in [9.17, 15) is 20.0 Å². The van der Waals surface area contributed by atoms with Crippen LogP contribution >= 0.6 is 0 Å². The van der Waals surface area contributed by atoms with Gasteiger partial charge in [-0.3, -0.25) is 10.1 Å². The van der Waals surface area contributed by atoms with Crippen LogP contribution in [0.25, 0.3) is 0 Å². The molecular weight excluding hydrogens is 264 g/mol. The zero-order chi connectivity index (χ0) is 15.1. The summed E-state index contributed by atoms with van der Waals surface area (Å²) in [6.45, 7) is 3.65. The van der Waals surface area contributed by atoms with E-state index in [0.29, 0.717) is 18.7 Å². The molecule has 0 spiro atoms. The number of aliphatic carboxylic acids is 1. The molecule has 1 unspecified atom stereocenters. The first-order valence-electron chi connectivity index (χ1n) is 6.48. The van der Waals surface area contributed by atoms with Crippen molar-refractivity contribution < 1.29 is 14.8 Å². The minimum absolute atomic E-state index is 0.109. The molecule has 8 nitrogen and oxygen atoms in total. The zero-order valence-corrected chi connectivity index (χ0v) is 11.8. The van der Waals surface area contributed by atoms with Crippen LogP contribution in [0.15, 0.2) is 0 Å². The van der Waals surface area contributed by atoms with Gasteiger partial charge in [-0.05, 0) is 33.1 Å². The molecule has 2 rings (SSSR count). The Kier molecular flexibility index (Phi) is 3.41. The van der Waals surface area contributed by atoms with Crippen LogP contribution in [0, 0.1) is 17.0 Å². The molecule has 1 atom stereocenters. The molecule has 0 aliphatic carbocycles. The number of anilines is 1. The van der Waals surface area contributed by atoms with Gasteiger partial charge in [0.25, 0.3) is 0 Å². The fourth-order valence-corrected chi connectivity index (χ4v) is 2.83. The predicted octanol–water partition coefficient (Wildman–Crippen LogP) is 1.47. The second-order valence-electron chi connectivity index (χ2n) is 5.33. The molecule has 0 aromatic carbocycles. The van der Waals surface area contributed by atoms with Crippen LogP contribution in [-0.2, 0) is 11.8 Å². The number of carboxylic acids is 1. The quantitative estimate of drug-likeness (QED) is 0.665. The molecule has 0 saturated carbocycles. The monoisotopic (exact) mass is 282 g/mol. The Morgan fingerprint density at radius 2 is 2.15 bits per heavy atom. The number of carboxylic acid groups (broad SMARTS) is 1. The maximum atomic E-state index is 11.6. The summed E-state index contributed by atoms with van der Waals surface area (Å²) in [5.74, 6) is -0.692. The number of hydrogen-bond donors (Lipinski definition) is 1. The van der Waals surface area contributed by atoms with Gasteiger partial charge in [-0.1, -0.05) is 0 Å². The van der Waals surface area contributed by atoms with E-state index in [2.05, 4.69) is 5.10 Å². The number of nitrogens with zero attached hydrogens (tertiary/aromatic N) is 4. The van der Waals surface area contributed by atoms with E-state index < -0.39 is 16.4 Å². The lowest BCUT2D eigenvalue weighted by Gasteiger charge is -2.42. The maximum Gasteiger partial charge on any atom is 0.333 e. The van der Waals surface area contributed by atoms with E-state index in [4.69, 9.17) is 0 Å². The van der Waals surface area contributed by atoms with E-state index in [1.165, 1.54) is 4.68 Å². The number of piperidine rings is 1. The summed E-state index contributed by atoms with van der Waals surface area (Å²) in [5, 5.41) is 24.8. The van der Waals surface area contributed by atoms with Crippen molar-refractivity contribution >= 4 is 17.5 Å². The van der Waals surface area contributed by atoms with Gasteiger partial charge in [0.1, 0.15) is 11.2 Å². The first-order valence-corrected chi connectivity index (χ1v) is 6.48. The van der Waals surface area contributed by atoms with Crippen LogP contribution in [0.4, 0.5) is 11.5 Å². The van der Waals surface area contributed by atoms with Crippen LogP contribution in [-0.4, -0.2) is 37.9 Å². The number of aryl methyl sites for hydroxylation is 2. The normalized spacial score (nSPS) is 22.9. The first-order chi connectivity index (χ1) is 9.29. The minimum Gasteiger partial charge on any atom is -0.480 e. The summed E-state index contributed by atoms with van der Waals surface area (Å²) in [6.07, 6.45) is 2.07. The van der Waals surface area contributed by atoms with Gasteiger partial charge in [0.2, 0.25) is 5.82 Å². The van der Waals surface area contributed by atoms with Gasteiger partial charge in [-0.2, -0.15) is 5.10 Å². The first kappa shape index (κ1) is 14.3. The highest BCUT2D eigenvalue weighted by atomic mass is 16.6. The highest BCUT2D eigenvalue weighted by Crippen LogP contribution is 2.39. The van der Waals surface area contributed by atoms with Crippen molar-refractivity contribution in [2.24, 2.45) is 7.05 Å². The molecule has 20 heavy (non-hydrogen) atoms. The van der Waals surface area contributed by atoms with E-state index in [1.54, 1.807) is 25.8 Å². The molecule has 1 aromatic heterocycles. The van der Waals surface area contributed by atoms with Gasteiger partial charge in [0.15, 0.2) is 0 Å². The van der Waals surface area contributed by atoms with E-state index in [-0.39, 0.29) is 11.5 Å². The van der Waals surface area contributed by atoms with Gasteiger partial charge in [-0.15, -0.1) is 0 Å². The Bertz CT molecular complexity index is 568. The molecule has 1 N–H and O–H groups in total. The maximum absolute atomic E-state index is 11.6. The third-order valence-electron chi connectivity index (χ3n) is 3.95. The Hall–Kier alpha value is -2.12. The lowest BCUT2D eigenvalue weighted by Crippen LogP contribution is -2.56. The third-order valence-corrected chi connectivity index (χ3v) is 3.95. The Morgan fingerprint density at radius 3 is 2.70 bits per heavy atom. The average Bonchev–Trinajstić information content (AvgIpc) is 2.64. The average molecular weight is 282 g/mol. The smallest absolute Gasteiger partial charge is 0.333 e. The number of aromatic nitrogens is 2. The molecule has 2 heterocycles. The molecule has 1 aliphatic heterocycles. The topological polar surface area (TPSA) is 102 Å². The van der Waals surface area contributed by atoms with Gasteiger partial charge in [0.05, 0.1) is 4.92 Å². The van der Waals surface area contributed by atoms with E-state index >= 15 is 0 Å². The van der Waals surface area contributed by atoms with Crippen molar-refractivity contribution in [2.45, 2.75) is 38.6 Å². The van der Waals surface area contributed by atoms with Crippen LogP contribution in [0.1, 0.15) is 31.9 Å². The summed E-state index contributed by atoms with van der Waals surface area (Å²) in [7, 11) is 1.60. The van der Waals surface area contributed by atoms with Crippen LogP contribution in [0.5, 0.6) is 0 Å². The molecule has 0 amide bonds. The molecular formula is C12H18N4O4. The highest BCUT2D eigenvalue weighted by Gasteiger charge is 2.45. The van der Waals surface area contributed by atoms with E-state index in [1.807, 2.05) is 0 Å². The Balaban J connectivity index is 2.59. The highest BCUT2D eigenvalue weighted by molar-refractivity contribution is 5.84. The summed E-state index contributed by atoms with van der Waals surface area (Å²) in [6, 6.07) is 0. The van der Waals surface area contributed by atoms with Crippen molar-refractivity contribution in [2.75, 3.05) is 11.4 Å². The number of hydrogen-bond acceptors (Lipinski definition) is 5. The van der Waals surface area contributed by atoms with Crippen molar-refractivity contribution in [3.05, 3.63) is 15.8 Å². The molecule has 0 radical (unpaired) electrons. The number of nitro groups is 1. The summed E-state index contributed by atoms with van der Waals surface area (Å²) in [4.78, 5) is 24.0. The fourth-order valence-electron chi connectivity index (χ4n) is 2.83. The van der Waals surface area contributed by atoms with Crippen molar-refractivity contribution in [1.82, 2.24) is 9.78 Å². The third kappa shape index (κ3) is 2.00. The number of rotatable bonds is 3. The van der Waals surface area contributed by atoms with Gasteiger partial charge < -0.3 is 10.0 Å². The van der Waals surface area contributed by atoms with E-state index in [0.717, 1.165) is 12.8 Å². The molecule has 0 bridgehead atoms. The molecule has 1 aromatic rings. The van der Waals surface area contributed by atoms with Crippen LogP contribution in [0.2, 0.25) is 0 Å². The number of carbonyl (C=O) groups is 1. The Labute approximate surface area is 116 Å². The van der Waals surface area contributed by atoms with Gasteiger partial charge >= 0.3 is 11.7 Å². The van der Waals surface area contributed by atoms with Crippen LogP contribution < -0.4 is 4.90 Å². The largest absolute Gasteiger partial charge is 0.480 e. The van der Waals surface area contributed by atoms with Gasteiger partial charge in [-0.25, -0.2) is 9.48 Å². The lowest BCUT2D eigenvalue weighted by molar-refractivity contribution is -0.384. The summed E-state index contributed by atoms with van der Waals surface area (Å²) < 4.78 is 1.40. The fraction of sp³-hybridized carbons (Fsp3) is 0.667. The summed E-state index contributed by atoms with van der Waals surface area (Å²) >= 11 is 0. The molecule has 1 aliphatic rings. The van der Waals surface area contributed by atoms with Crippen molar-refractivity contribution in [1.29, 1.82) is 0 Å². The Morgan fingerprint density at radius 1 is 1.50 bits per heavy atom. The molecule has 8 heteroatoms. The minimum atomic E-state index is -1.14. The standard InChI is InChI=1S/C12H18N4O4/c1-8-9(16(19)20)10(14(3)13-8)15-7-5-4-6-12(15,2)11(17)18/h4-7H2,1-3H3,(H,17,18). The SMILES string of the molecule is Cc1nn(C)c(N2CCCCC2(C)C(=O)O)c1[N+](=O)[O-]. The lowest BCUT2D eigenvalue weighted by atomic mass is 9.88. The second kappa shape index (κ2) is 4.77. The second-order valence-corrected chi connectivity index (χ2v) is 5.33. The predicted molar refractivity (Wildman–Crippen MR) is 71.8 cm³/mol. The van der Waals surface area contributed by atoms with Crippen LogP contribution in [0.3, 0.4) is 0 Å². The summed E-state index contributed by atoms with van der Waals surface area (Å²) in [5.41, 5.74) is -0.948.